The predicted octanol–water partition coefficient (Wildman–Crippen LogP) is 5.46. The van der Waals surface area contributed by atoms with Crippen molar-refractivity contribution < 1.29 is 14.6 Å². The summed E-state index contributed by atoms with van der Waals surface area (Å²) < 4.78 is 6.19. The summed E-state index contributed by atoms with van der Waals surface area (Å²) in [5, 5.41) is 10.2. The third kappa shape index (κ3) is 6.75. The van der Waals surface area contributed by atoms with E-state index in [1.807, 2.05) is 24.3 Å². The van der Waals surface area contributed by atoms with Gasteiger partial charge in [-0.3, -0.25) is 9.69 Å². The number of hydrogen-bond acceptors (Lipinski definition) is 8. The Morgan fingerprint density at radius 3 is 2.41 bits per heavy atom. The number of carbonyl (C=O) groups is 1. The molecule has 3 aromatic rings. The molecule has 0 amide bonds. The van der Waals surface area contributed by atoms with Crippen molar-refractivity contribution in [3.8, 4) is 22.9 Å². The first-order valence-electron chi connectivity index (χ1n) is 14.2. The molecule has 0 bridgehead atoms. The van der Waals surface area contributed by atoms with Crippen LogP contribution in [0.2, 0.25) is 10.0 Å². The number of rotatable bonds is 8. The number of likely N-dealkylation sites (N-methyl/N-ethyl adjacent to an activating group) is 1. The Hall–Kier alpha value is -2.98. The van der Waals surface area contributed by atoms with Crippen molar-refractivity contribution >= 4 is 35.1 Å². The molecule has 41 heavy (non-hydrogen) atoms. The summed E-state index contributed by atoms with van der Waals surface area (Å²) >= 11 is 12.6. The topological polar surface area (TPSA) is 94.9 Å². The maximum atomic E-state index is 11.1. The van der Waals surface area contributed by atoms with Gasteiger partial charge >= 0.3 is 5.97 Å². The van der Waals surface area contributed by atoms with Crippen LogP contribution in [-0.2, 0) is 11.3 Å². The second-order valence-electron chi connectivity index (χ2n) is 11.5. The zero-order valence-electron chi connectivity index (χ0n) is 23.0. The van der Waals surface area contributed by atoms with Crippen LogP contribution >= 0.6 is 23.2 Å². The zero-order chi connectivity index (χ0) is 28.5. The number of aromatic nitrogens is 3. The van der Waals surface area contributed by atoms with Crippen LogP contribution in [0.4, 0.5) is 5.95 Å². The first-order chi connectivity index (χ1) is 19.8. The van der Waals surface area contributed by atoms with Gasteiger partial charge < -0.3 is 19.6 Å². The van der Waals surface area contributed by atoms with E-state index in [1.165, 1.54) is 6.42 Å². The molecule has 3 saturated heterocycles. The molecular weight excluding hydrogens is 563 g/mol. The minimum Gasteiger partial charge on any atom is -0.481 e. The molecule has 11 heteroatoms. The van der Waals surface area contributed by atoms with Gasteiger partial charge in [0.1, 0.15) is 0 Å². The molecule has 0 radical (unpaired) electrons. The number of aliphatic carboxylic acids is 1. The molecule has 9 nitrogen and oxygen atoms in total. The average Bonchev–Trinajstić information content (AvgIpc) is 3.51. The molecule has 0 saturated carbocycles. The lowest BCUT2D eigenvalue weighted by molar-refractivity contribution is -0.138. The number of fused-ring (bicyclic) bond motifs is 1. The van der Waals surface area contributed by atoms with Crippen molar-refractivity contribution in [2.24, 2.45) is 11.8 Å². The predicted molar refractivity (Wildman–Crippen MR) is 159 cm³/mol. The highest BCUT2D eigenvalue weighted by atomic mass is 35.5. The van der Waals surface area contributed by atoms with E-state index < -0.39 is 5.97 Å². The first-order valence-corrected chi connectivity index (χ1v) is 14.9. The van der Waals surface area contributed by atoms with Gasteiger partial charge in [0.2, 0.25) is 11.8 Å². The van der Waals surface area contributed by atoms with Crippen molar-refractivity contribution in [2.75, 3.05) is 44.7 Å². The van der Waals surface area contributed by atoms with Gasteiger partial charge in [-0.15, -0.1) is 0 Å². The Balaban J connectivity index is 1.20. The van der Waals surface area contributed by atoms with Gasteiger partial charge in [0.15, 0.2) is 5.75 Å². The van der Waals surface area contributed by atoms with Crippen molar-refractivity contribution in [1.29, 1.82) is 0 Å². The zero-order valence-corrected chi connectivity index (χ0v) is 24.6. The monoisotopic (exact) mass is 596 g/mol. The molecule has 1 unspecified atom stereocenters. The fourth-order valence-corrected chi connectivity index (χ4v) is 6.91. The highest BCUT2D eigenvalue weighted by Crippen LogP contribution is 2.33. The molecule has 5 heterocycles. The number of piperidine rings is 1. The van der Waals surface area contributed by atoms with E-state index in [1.54, 1.807) is 18.5 Å². The summed E-state index contributed by atoms with van der Waals surface area (Å²) in [5.41, 5.74) is 2.53. The number of ether oxygens (including phenoxy) is 1. The summed E-state index contributed by atoms with van der Waals surface area (Å²) in [6.45, 7) is 5.48. The van der Waals surface area contributed by atoms with Gasteiger partial charge in [-0.05, 0) is 87.6 Å². The fourth-order valence-electron chi connectivity index (χ4n) is 6.39. The van der Waals surface area contributed by atoms with E-state index in [9.17, 15) is 4.79 Å². The van der Waals surface area contributed by atoms with E-state index in [0.29, 0.717) is 45.9 Å². The molecule has 3 fully saturated rings. The van der Waals surface area contributed by atoms with Crippen molar-refractivity contribution in [3.05, 3.63) is 58.3 Å². The van der Waals surface area contributed by atoms with Gasteiger partial charge in [-0.1, -0.05) is 23.2 Å². The van der Waals surface area contributed by atoms with Crippen LogP contribution in [0.1, 0.15) is 31.2 Å². The molecule has 3 aliphatic rings. The highest BCUT2D eigenvalue weighted by Gasteiger charge is 2.40. The second kappa shape index (κ2) is 12.1. The van der Waals surface area contributed by atoms with Gasteiger partial charge in [0, 0.05) is 53.8 Å². The number of likely N-dealkylation sites (tertiary alicyclic amines) is 2. The maximum absolute atomic E-state index is 11.1. The molecule has 2 aromatic heterocycles. The largest absolute Gasteiger partial charge is 0.481 e. The van der Waals surface area contributed by atoms with Crippen LogP contribution in [-0.4, -0.2) is 81.6 Å². The third-order valence-electron chi connectivity index (χ3n) is 8.54. The number of carboxylic acid groups (broad SMARTS) is 1. The first kappa shape index (κ1) is 28.2. The molecule has 2 atom stereocenters. The average molecular weight is 598 g/mol. The third-order valence-corrected chi connectivity index (χ3v) is 8.98. The van der Waals surface area contributed by atoms with Crippen LogP contribution in [0.25, 0.3) is 11.3 Å². The maximum Gasteiger partial charge on any atom is 0.303 e. The molecule has 0 aliphatic carbocycles. The minimum absolute atomic E-state index is 0.230. The lowest BCUT2D eigenvalue weighted by Crippen LogP contribution is -2.33. The van der Waals surface area contributed by atoms with Crippen molar-refractivity contribution in [1.82, 2.24) is 24.8 Å². The van der Waals surface area contributed by atoms with E-state index in [0.717, 1.165) is 62.6 Å². The summed E-state index contributed by atoms with van der Waals surface area (Å²) in [6, 6.07) is 9.90. The highest BCUT2D eigenvalue weighted by molar-refractivity contribution is 6.35. The van der Waals surface area contributed by atoms with Crippen molar-refractivity contribution in [2.45, 2.75) is 38.3 Å². The number of carboxylic acids is 1. The Labute approximate surface area is 250 Å². The normalized spacial score (nSPS) is 21.8. The van der Waals surface area contributed by atoms with Crippen LogP contribution in [0.15, 0.2) is 42.7 Å². The molecular formula is C30H34Cl2N6O3. The molecule has 6 rings (SSSR count). The van der Waals surface area contributed by atoms with Crippen LogP contribution < -0.4 is 9.64 Å². The molecule has 0 spiro atoms. The Bertz CT molecular complexity index is 1380. The summed E-state index contributed by atoms with van der Waals surface area (Å²) in [5.74, 6) is 1.85. The van der Waals surface area contributed by atoms with Gasteiger partial charge in [-0.25, -0.2) is 15.0 Å². The lowest BCUT2D eigenvalue weighted by atomic mass is 9.93. The Morgan fingerprint density at radius 1 is 1.00 bits per heavy atom. The number of pyridine rings is 1. The molecule has 1 N–H and O–H groups in total. The van der Waals surface area contributed by atoms with Crippen LogP contribution in [0.5, 0.6) is 11.6 Å². The smallest absolute Gasteiger partial charge is 0.303 e. The number of benzene rings is 1. The van der Waals surface area contributed by atoms with Crippen LogP contribution in [0, 0.1) is 11.8 Å². The molecule has 216 valence electrons. The molecule has 3 aliphatic heterocycles. The van der Waals surface area contributed by atoms with E-state index in [-0.39, 0.29) is 12.3 Å². The van der Waals surface area contributed by atoms with E-state index >= 15 is 0 Å². The summed E-state index contributed by atoms with van der Waals surface area (Å²) in [4.78, 5) is 32.2. The SMILES string of the molecule is CN1CC[C@@H]2CN(c3ncc(Oc4cc(CN5CCC(CC(=O)O)CC5)cc(-c5cc(Cl)cc(Cl)c5)n4)cn3)CC21. The number of nitrogens with zero attached hydrogens (tertiary/aromatic N) is 6. The number of anilines is 1. The Kier molecular flexibility index (Phi) is 8.30. The van der Waals surface area contributed by atoms with E-state index in [2.05, 4.69) is 31.7 Å². The van der Waals surface area contributed by atoms with Gasteiger partial charge in [0.05, 0.1) is 18.1 Å². The standard InChI is InChI=1S/C30H34Cl2N6O3/c1-36-5-4-21-17-38(18-27(21)36)30-33-14-25(15-34-30)41-28-9-20(16-37-6-2-19(3-7-37)10-29(39)40)8-26(35-28)22-11-23(31)13-24(32)12-22/h8-9,11-15,19,21,27H,2-7,10,16-18H2,1H3,(H,39,40)/t21-,27?/m1/s1. The summed E-state index contributed by atoms with van der Waals surface area (Å²) in [7, 11) is 2.19. The Morgan fingerprint density at radius 2 is 1.73 bits per heavy atom. The number of hydrogen-bond donors (Lipinski definition) is 1. The summed E-state index contributed by atoms with van der Waals surface area (Å²) in [6.07, 6.45) is 6.61. The van der Waals surface area contributed by atoms with Gasteiger partial charge in [0.25, 0.3) is 0 Å². The van der Waals surface area contributed by atoms with E-state index in [4.69, 9.17) is 38.0 Å². The quantitative estimate of drug-likeness (QED) is 0.363. The fraction of sp³-hybridized carbons (Fsp3) is 0.467. The van der Waals surface area contributed by atoms with Gasteiger partial charge in [-0.2, -0.15) is 0 Å². The second-order valence-corrected chi connectivity index (χ2v) is 12.4. The molecule has 1 aromatic carbocycles. The minimum atomic E-state index is -0.725. The lowest BCUT2D eigenvalue weighted by Gasteiger charge is -2.31. The van der Waals surface area contributed by atoms with Crippen LogP contribution in [0.3, 0.4) is 0 Å². The number of halogens is 2. The van der Waals surface area contributed by atoms with Crippen molar-refractivity contribution in [3.63, 3.8) is 0 Å².